The van der Waals surface area contributed by atoms with Crippen LogP contribution in [0.3, 0.4) is 0 Å². The normalized spacial score (nSPS) is 15.7. The Morgan fingerprint density at radius 2 is 1.96 bits per heavy atom. The number of carboxylic acid groups (broad SMARTS) is 1. The van der Waals surface area contributed by atoms with E-state index in [1.807, 2.05) is 0 Å². The zero-order valence-electron chi connectivity index (χ0n) is 12.3. The Morgan fingerprint density at radius 1 is 1.30 bits per heavy atom. The Morgan fingerprint density at radius 3 is 2.52 bits per heavy atom. The van der Waals surface area contributed by atoms with Gasteiger partial charge in [0.2, 0.25) is 16.0 Å². The minimum absolute atomic E-state index is 0.123. The van der Waals surface area contributed by atoms with Crippen LogP contribution in [0.5, 0.6) is 0 Å². The number of nitrogens with zero attached hydrogens (tertiary/aromatic N) is 2. The number of carbonyl (C=O) groups is 2. The van der Waals surface area contributed by atoms with Crippen molar-refractivity contribution in [3.8, 4) is 0 Å². The molecule has 1 aromatic rings. The van der Waals surface area contributed by atoms with Crippen LogP contribution in [0.25, 0.3) is 0 Å². The van der Waals surface area contributed by atoms with E-state index in [0.29, 0.717) is 5.56 Å². The minimum Gasteiger partial charge on any atom is -0.479 e. The number of urea groups is 1. The summed E-state index contributed by atoms with van der Waals surface area (Å²) in [5.74, 6) is -1.35. The zero-order chi connectivity index (χ0) is 17.0. The van der Waals surface area contributed by atoms with Crippen LogP contribution in [0.2, 0.25) is 0 Å². The lowest BCUT2D eigenvalue weighted by Gasteiger charge is -2.22. The number of aliphatic carboxylic acids is 1. The lowest BCUT2D eigenvalue weighted by atomic mass is 10.1. The van der Waals surface area contributed by atoms with Crippen LogP contribution in [0.1, 0.15) is 11.6 Å². The van der Waals surface area contributed by atoms with Crippen molar-refractivity contribution in [1.29, 1.82) is 0 Å². The molecule has 1 aromatic carbocycles. The van der Waals surface area contributed by atoms with E-state index in [4.69, 9.17) is 0 Å². The molecular formula is C13H16N4O5S. The molecule has 1 unspecified atom stereocenters. The molecule has 0 saturated heterocycles. The monoisotopic (exact) mass is 340 g/mol. The van der Waals surface area contributed by atoms with Gasteiger partial charge in [-0.1, -0.05) is 30.3 Å². The molecule has 3 N–H and O–H groups in total. The smallest absolute Gasteiger partial charge is 0.330 e. The Hall–Kier alpha value is -2.62. The molecule has 2 rings (SSSR count). The van der Waals surface area contributed by atoms with Crippen LogP contribution >= 0.6 is 0 Å². The van der Waals surface area contributed by atoms with Crippen LogP contribution in [0.15, 0.2) is 35.3 Å². The number of hydrogen-bond donors (Lipinski definition) is 3. The lowest BCUT2D eigenvalue weighted by Crippen LogP contribution is -2.50. The number of hydrogen-bond acceptors (Lipinski definition) is 5. The van der Waals surface area contributed by atoms with Crippen LogP contribution in [0, 0.1) is 0 Å². The Balaban J connectivity index is 2.13. The first-order valence-electron chi connectivity index (χ1n) is 6.66. The summed E-state index contributed by atoms with van der Waals surface area (Å²) in [4.78, 5) is 28.6. The summed E-state index contributed by atoms with van der Waals surface area (Å²) in [6.45, 7) is 0.388. The highest BCUT2D eigenvalue weighted by Crippen LogP contribution is 2.14. The van der Waals surface area contributed by atoms with E-state index in [1.165, 1.54) is 0 Å². The lowest BCUT2D eigenvalue weighted by molar-refractivity contribution is -0.139. The number of nitrogens with one attached hydrogen (secondary N) is 2. The Bertz CT molecular complexity index is 732. The summed E-state index contributed by atoms with van der Waals surface area (Å²) >= 11 is 0. The van der Waals surface area contributed by atoms with E-state index in [-0.39, 0.29) is 19.0 Å². The summed E-state index contributed by atoms with van der Waals surface area (Å²) in [5.41, 5.74) is 0.405. The fraction of sp³-hybridized carbons (Fsp3) is 0.308. The van der Waals surface area contributed by atoms with Crippen molar-refractivity contribution < 1.29 is 23.1 Å². The molecule has 10 heteroatoms. The van der Waals surface area contributed by atoms with Crippen LogP contribution in [-0.4, -0.2) is 55.7 Å². The third-order valence-electron chi connectivity index (χ3n) is 3.01. The largest absolute Gasteiger partial charge is 0.479 e. The van der Waals surface area contributed by atoms with Gasteiger partial charge in [-0.25, -0.2) is 18.0 Å². The summed E-state index contributed by atoms with van der Waals surface area (Å²) in [5, 5.41) is 11.7. The predicted molar refractivity (Wildman–Crippen MR) is 82.3 cm³/mol. The molecule has 0 radical (unpaired) electrons. The number of sulfonamides is 1. The second-order valence-electron chi connectivity index (χ2n) is 4.86. The van der Waals surface area contributed by atoms with E-state index in [2.05, 4.69) is 15.0 Å². The second kappa shape index (κ2) is 6.65. The first-order chi connectivity index (χ1) is 10.8. The molecule has 0 aromatic heterocycles. The molecule has 2 amide bonds. The standard InChI is InChI=1S/C13H16N4O5S/c1-23(21,22)16-12-14-7-8-17(12)13(20)15-10(11(18)19)9-5-3-2-4-6-9/h2-6,10H,7-8H2,1H3,(H,14,16)(H,15,20)(H,18,19). The Labute approximate surface area is 133 Å². The predicted octanol–water partition coefficient (Wildman–Crippen LogP) is -0.257. The minimum atomic E-state index is -3.59. The molecule has 9 nitrogen and oxygen atoms in total. The van der Waals surface area contributed by atoms with Gasteiger partial charge >= 0.3 is 12.0 Å². The second-order valence-corrected chi connectivity index (χ2v) is 6.61. The number of rotatable bonds is 4. The number of guanidine groups is 1. The summed E-state index contributed by atoms with van der Waals surface area (Å²) in [6, 6.07) is 6.21. The van der Waals surface area contributed by atoms with E-state index >= 15 is 0 Å². The van der Waals surface area contributed by atoms with Gasteiger partial charge in [0.05, 0.1) is 19.3 Å². The molecule has 1 heterocycles. The fourth-order valence-corrected chi connectivity index (χ4v) is 2.54. The van der Waals surface area contributed by atoms with Gasteiger partial charge in [-0.2, -0.15) is 0 Å². The molecule has 0 aliphatic carbocycles. The molecule has 1 atom stereocenters. The average molecular weight is 340 g/mol. The SMILES string of the molecule is CS(=O)(=O)NC1=NCCN1C(=O)NC(C(=O)O)c1ccccc1. The maximum atomic E-state index is 12.3. The van der Waals surface area contributed by atoms with Gasteiger partial charge in [-0.05, 0) is 5.56 Å². The highest BCUT2D eigenvalue weighted by Gasteiger charge is 2.30. The average Bonchev–Trinajstić information content (AvgIpc) is 2.91. The van der Waals surface area contributed by atoms with E-state index in [9.17, 15) is 23.1 Å². The number of aliphatic imine (C=N–C) groups is 1. The van der Waals surface area contributed by atoms with Crippen molar-refractivity contribution in [2.45, 2.75) is 6.04 Å². The van der Waals surface area contributed by atoms with Gasteiger partial charge < -0.3 is 10.4 Å². The maximum absolute atomic E-state index is 12.3. The van der Waals surface area contributed by atoms with Crippen molar-refractivity contribution in [3.05, 3.63) is 35.9 Å². The fourth-order valence-electron chi connectivity index (χ4n) is 2.03. The summed E-state index contributed by atoms with van der Waals surface area (Å²) in [7, 11) is -3.59. The first-order valence-corrected chi connectivity index (χ1v) is 8.55. The highest BCUT2D eigenvalue weighted by molar-refractivity contribution is 7.89. The number of carbonyl (C=O) groups excluding carboxylic acids is 1. The molecule has 0 spiro atoms. The van der Waals surface area contributed by atoms with Crippen LogP contribution < -0.4 is 10.0 Å². The zero-order valence-corrected chi connectivity index (χ0v) is 13.1. The number of benzene rings is 1. The Kier molecular flexibility index (Phi) is 4.84. The van der Waals surface area contributed by atoms with Crippen molar-refractivity contribution in [2.75, 3.05) is 19.3 Å². The van der Waals surface area contributed by atoms with Crippen LogP contribution in [-0.2, 0) is 14.8 Å². The van der Waals surface area contributed by atoms with Crippen molar-refractivity contribution in [2.24, 2.45) is 4.99 Å². The van der Waals surface area contributed by atoms with Crippen molar-refractivity contribution >= 4 is 28.0 Å². The van der Waals surface area contributed by atoms with Gasteiger partial charge in [-0.3, -0.25) is 14.6 Å². The highest BCUT2D eigenvalue weighted by atomic mass is 32.2. The molecule has 1 aliphatic rings. The molecule has 0 bridgehead atoms. The third-order valence-corrected chi connectivity index (χ3v) is 3.56. The summed E-state index contributed by atoms with van der Waals surface area (Å²) < 4.78 is 24.7. The van der Waals surface area contributed by atoms with E-state index in [1.54, 1.807) is 30.3 Å². The van der Waals surface area contributed by atoms with Crippen molar-refractivity contribution in [3.63, 3.8) is 0 Å². The van der Waals surface area contributed by atoms with Gasteiger partial charge in [-0.15, -0.1) is 0 Å². The molecule has 0 fully saturated rings. The van der Waals surface area contributed by atoms with Crippen LogP contribution in [0.4, 0.5) is 4.79 Å². The van der Waals surface area contributed by atoms with Gasteiger partial charge in [0, 0.05) is 0 Å². The quantitative estimate of drug-likeness (QED) is 0.696. The third kappa shape index (κ3) is 4.42. The van der Waals surface area contributed by atoms with Gasteiger partial charge in [0.25, 0.3) is 0 Å². The molecular weight excluding hydrogens is 324 g/mol. The molecule has 0 saturated carbocycles. The summed E-state index contributed by atoms with van der Waals surface area (Å²) in [6.07, 6.45) is 0.938. The first kappa shape index (κ1) is 16.7. The van der Waals surface area contributed by atoms with Crippen molar-refractivity contribution in [1.82, 2.24) is 14.9 Å². The molecule has 1 aliphatic heterocycles. The maximum Gasteiger partial charge on any atom is 0.330 e. The van der Waals surface area contributed by atoms with E-state index < -0.39 is 28.1 Å². The van der Waals surface area contributed by atoms with Gasteiger partial charge in [0.1, 0.15) is 0 Å². The molecule has 124 valence electrons. The number of carboxylic acids is 1. The number of amides is 2. The topological polar surface area (TPSA) is 128 Å². The van der Waals surface area contributed by atoms with Gasteiger partial charge in [0.15, 0.2) is 6.04 Å². The van der Waals surface area contributed by atoms with E-state index in [0.717, 1.165) is 11.2 Å². The molecule has 23 heavy (non-hydrogen) atoms.